The fraction of sp³-hybridized carbons (Fsp3) is 0.333. The Morgan fingerprint density at radius 3 is 2.70 bits per heavy atom. The van der Waals surface area contributed by atoms with Gasteiger partial charge in [-0.25, -0.2) is 0 Å². The van der Waals surface area contributed by atoms with Gasteiger partial charge in [-0.3, -0.25) is 9.48 Å². The van der Waals surface area contributed by atoms with Crippen molar-refractivity contribution in [3.8, 4) is 0 Å². The van der Waals surface area contributed by atoms with E-state index in [0.717, 1.165) is 30.1 Å². The minimum atomic E-state index is 0.0518. The second kappa shape index (κ2) is 5.29. The Bertz CT molecular complexity index is 620. The molecule has 1 aromatic carbocycles. The number of aryl methyl sites for hydroxylation is 1. The molecular formula is C15H16ClN3O. The zero-order chi connectivity index (χ0) is 14.1. The monoisotopic (exact) mass is 289 g/mol. The molecule has 1 amide bonds. The van der Waals surface area contributed by atoms with E-state index < -0.39 is 0 Å². The van der Waals surface area contributed by atoms with Crippen molar-refractivity contribution in [1.29, 1.82) is 0 Å². The van der Waals surface area contributed by atoms with Gasteiger partial charge in [-0.15, -0.1) is 0 Å². The number of carbonyl (C=O) groups excluding carboxylic acids is 1. The summed E-state index contributed by atoms with van der Waals surface area (Å²) in [5.74, 6) is 0.0518. The van der Waals surface area contributed by atoms with Crippen molar-refractivity contribution in [2.24, 2.45) is 0 Å². The first-order chi connectivity index (χ1) is 9.69. The molecule has 1 unspecified atom stereocenters. The lowest BCUT2D eigenvalue weighted by Gasteiger charge is -2.41. The topological polar surface area (TPSA) is 38.1 Å². The molecule has 4 nitrogen and oxygen atoms in total. The smallest absolute Gasteiger partial charge is 0.257 e. The molecule has 2 aromatic rings. The zero-order valence-corrected chi connectivity index (χ0v) is 12.0. The van der Waals surface area contributed by atoms with Gasteiger partial charge >= 0.3 is 0 Å². The highest BCUT2D eigenvalue weighted by atomic mass is 35.5. The molecule has 1 aromatic heterocycles. The van der Waals surface area contributed by atoms with Crippen LogP contribution in [0.25, 0.3) is 0 Å². The van der Waals surface area contributed by atoms with Crippen LogP contribution in [0.4, 0.5) is 0 Å². The van der Waals surface area contributed by atoms with Gasteiger partial charge in [-0.1, -0.05) is 23.7 Å². The van der Waals surface area contributed by atoms with Crippen LogP contribution in [0.5, 0.6) is 0 Å². The van der Waals surface area contributed by atoms with Crippen molar-refractivity contribution < 1.29 is 4.79 Å². The first-order valence-corrected chi connectivity index (χ1v) is 7.15. The van der Waals surface area contributed by atoms with Crippen molar-refractivity contribution in [2.45, 2.75) is 25.9 Å². The van der Waals surface area contributed by atoms with Crippen LogP contribution in [-0.4, -0.2) is 27.1 Å². The Kier molecular flexibility index (Phi) is 3.49. The van der Waals surface area contributed by atoms with E-state index in [1.165, 1.54) is 0 Å². The van der Waals surface area contributed by atoms with Crippen LogP contribution in [0.1, 0.15) is 35.3 Å². The number of carbonyl (C=O) groups is 1. The number of aromatic nitrogens is 2. The Labute approximate surface area is 123 Å². The normalized spacial score (nSPS) is 17.9. The van der Waals surface area contributed by atoms with Gasteiger partial charge in [0.25, 0.3) is 5.91 Å². The molecule has 1 aliphatic heterocycles. The Balaban J connectivity index is 1.77. The van der Waals surface area contributed by atoms with Gasteiger partial charge in [0, 0.05) is 24.3 Å². The molecule has 0 radical (unpaired) electrons. The minimum Gasteiger partial charge on any atom is -0.331 e. The molecule has 1 atom stereocenters. The molecule has 3 rings (SSSR count). The second-order valence-electron chi connectivity index (χ2n) is 4.94. The van der Waals surface area contributed by atoms with E-state index in [2.05, 4.69) is 5.10 Å². The van der Waals surface area contributed by atoms with E-state index in [-0.39, 0.29) is 11.9 Å². The Morgan fingerprint density at radius 2 is 2.15 bits per heavy atom. The van der Waals surface area contributed by atoms with Crippen LogP contribution in [0.3, 0.4) is 0 Å². The summed E-state index contributed by atoms with van der Waals surface area (Å²) in [6, 6.07) is 7.87. The third kappa shape index (κ3) is 2.31. The van der Waals surface area contributed by atoms with Crippen LogP contribution in [-0.2, 0) is 6.54 Å². The van der Waals surface area contributed by atoms with Crippen LogP contribution < -0.4 is 0 Å². The summed E-state index contributed by atoms with van der Waals surface area (Å²) in [5.41, 5.74) is 1.79. The first kappa shape index (κ1) is 13.2. The standard InChI is InChI=1S/C15H16ClN3O/c1-2-18-10-12(9-17-18)15(20)19-8-7-14(19)11-3-5-13(16)6-4-11/h3-6,9-10,14H,2,7-8H2,1H3. The van der Waals surface area contributed by atoms with Gasteiger partial charge in [0.1, 0.15) is 0 Å². The van der Waals surface area contributed by atoms with E-state index in [4.69, 9.17) is 11.6 Å². The molecule has 1 fully saturated rings. The number of nitrogens with zero attached hydrogens (tertiary/aromatic N) is 3. The van der Waals surface area contributed by atoms with Crippen molar-refractivity contribution >= 4 is 17.5 Å². The van der Waals surface area contributed by atoms with Gasteiger partial charge in [-0.05, 0) is 31.0 Å². The van der Waals surface area contributed by atoms with E-state index >= 15 is 0 Å². The summed E-state index contributed by atoms with van der Waals surface area (Å²) in [6.07, 6.45) is 4.44. The van der Waals surface area contributed by atoms with Crippen LogP contribution >= 0.6 is 11.6 Å². The second-order valence-corrected chi connectivity index (χ2v) is 5.38. The van der Waals surface area contributed by atoms with Gasteiger partial charge in [0.05, 0.1) is 17.8 Å². The van der Waals surface area contributed by atoms with E-state index in [9.17, 15) is 4.79 Å². The summed E-state index contributed by atoms with van der Waals surface area (Å²) in [4.78, 5) is 14.3. The Morgan fingerprint density at radius 1 is 1.40 bits per heavy atom. The average molecular weight is 290 g/mol. The largest absolute Gasteiger partial charge is 0.331 e. The molecule has 1 saturated heterocycles. The van der Waals surface area contributed by atoms with Gasteiger partial charge in [-0.2, -0.15) is 5.10 Å². The maximum atomic E-state index is 12.5. The van der Waals surface area contributed by atoms with Crippen molar-refractivity contribution in [1.82, 2.24) is 14.7 Å². The lowest BCUT2D eigenvalue weighted by atomic mass is 9.94. The van der Waals surface area contributed by atoms with Crippen LogP contribution in [0, 0.1) is 0 Å². The van der Waals surface area contributed by atoms with E-state index in [1.807, 2.05) is 36.1 Å². The maximum absolute atomic E-state index is 12.5. The van der Waals surface area contributed by atoms with Gasteiger partial charge in [0.15, 0.2) is 0 Å². The van der Waals surface area contributed by atoms with E-state index in [1.54, 1.807) is 17.1 Å². The summed E-state index contributed by atoms with van der Waals surface area (Å²) in [7, 11) is 0. The van der Waals surface area contributed by atoms with Gasteiger partial charge < -0.3 is 4.90 Å². The number of hydrogen-bond acceptors (Lipinski definition) is 2. The molecule has 0 saturated carbocycles. The number of halogens is 1. The predicted molar refractivity (Wildman–Crippen MR) is 77.7 cm³/mol. The van der Waals surface area contributed by atoms with Crippen molar-refractivity contribution in [3.63, 3.8) is 0 Å². The summed E-state index contributed by atoms with van der Waals surface area (Å²) >= 11 is 5.90. The molecule has 0 aliphatic carbocycles. The zero-order valence-electron chi connectivity index (χ0n) is 11.3. The first-order valence-electron chi connectivity index (χ1n) is 6.78. The highest BCUT2D eigenvalue weighted by Gasteiger charge is 2.34. The Hall–Kier alpha value is -1.81. The third-order valence-corrected chi connectivity index (χ3v) is 3.99. The summed E-state index contributed by atoms with van der Waals surface area (Å²) in [5, 5.41) is 4.88. The maximum Gasteiger partial charge on any atom is 0.257 e. The molecule has 5 heteroatoms. The summed E-state index contributed by atoms with van der Waals surface area (Å²) in [6.45, 7) is 3.57. The van der Waals surface area contributed by atoms with Crippen molar-refractivity contribution in [2.75, 3.05) is 6.54 Å². The number of benzene rings is 1. The molecule has 104 valence electrons. The van der Waals surface area contributed by atoms with Crippen LogP contribution in [0.15, 0.2) is 36.7 Å². The van der Waals surface area contributed by atoms with Gasteiger partial charge in [0.2, 0.25) is 0 Å². The minimum absolute atomic E-state index is 0.0518. The average Bonchev–Trinajstić information content (AvgIpc) is 2.89. The number of rotatable bonds is 3. The quantitative estimate of drug-likeness (QED) is 0.870. The highest BCUT2D eigenvalue weighted by Crippen LogP contribution is 2.34. The molecule has 0 spiro atoms. The molecule has 1 aliphatic rings. The number of likely N-dealkylation sites (tertiary alicyclic amines) is 1. The fourth-order valence-electron chi connectivity index (χ4n) is 2.47. The lowest BCUT2D eigenvalue weighted by molar-refractivity contribution is 0.0460. The van der Waals surface area contributed by atoms with Crippen LogP contribution in [0.2, 0.25) is 5.02 Å². The summed E-state index contributed by atoms with van der Waals surface area (Å²) < 4.78 is 1.77. The number of amides is 1. The highest BCUT2D eigenvalue weighted by molar-refractivity contribution is 6.30. The third-order valence-electron chi connectivity index (χ3n) is 3.74. The molecule has 0 N–H and O–H groups in total. The number of hydrogen-bond donors (Lipinski definition) is 0. The molecule has 0 bridgehead atoms. The fourth-order valence-corrected chi connectivity index (χ4v) is 2.60. The molecule has 2 heterocycles. The van der Waals surface area contributed by atoms with E-state index in [0.29, 0.717) is 5.56 Å². The molecular weight excluding hydrogens is 274 g/mol. The lowest BCUT2D eigenvalue weighted by Crippen LogP contribution is -2.45. The van der Waals surface area contributed by atoms with Crippen molar-refractivity contribution in [3.05, 3.63) is 52.8 Å². The molecule has 20 heavy (non-hydrogen) atoms. The predicted octanol–water partition coefficient (Wildman–Crippen LogP) is 3.14. The SMILES string of the molecule is CCn1cc(C(=O)N2CCC2c2ccc(Cl)cc2)cn1.